The van der Waals surface area contributed by atoms with E-state index < -0.39 is 17.6 Å². The lowest BCUT2D eigenvalue weighted by Crippen LogP contribution is -2.25. The Bertz CT molecular complexity index is 998. The Morgan fingerprint density at radius 1 is 1.32 bits per heavy atom. The van der Waals surface area contributed by atoms with Crippen LogP contribution in [0.3, 0.4) is 0 Å². The maximum Gasteiger partial charge on any atom is 0.420 e. The van der Waals surface area contributed by atoms with Crippen LogP contribution in [0, 0.1) is 6.92 Å². The fourth-order valence-corrected chi connectivity index (χ4v) is 3.41. The van der Waals surface area contributed by atoms with Crippen LogP contribution >= 0.6 is 11.3 Å². The molecule has 2 heterocycles. The van der Waals surface area contributed by atoms with Gasteiger partial charge in [-0.15, -0.1) is 11.3 Å². The quantitative estimate of drug-likeness (QED) is 0.707. The Balaban J connectivity index is 1.83. The van der Waals surface area contributed by atoms with Gasteiger partial charge < -0.3 is 14.5 Å². The van der Waals surface area contributed by atoms with E-state index in [4.69, 9.17) is 9.15 Å². The summed E-state index contributed by atoms with van der Waals surface area (Å²) in [5.74, 6) is -1.52. The average molecular weight is 360 g/mol. The number of carbonyl (C=O) groups excluding carboxylic acids is 2. The molecule has 0 unspecified atom stereocenters. The Morgan fingerprint density at radius 2 is 2.08 bits per heavy atom. The highest BCUT2D eigenvalue weighted by Gasteiger charge is 2.20. The molecule has 7 nitrogen and oxygen atoms in total. The number of nitrogens with zero attached hydrogens (tertiary/aromatic N) is 1. The summed E-state index contributed by atoms with van der Waals surface area (Å²) in [6.07, 6.45) is 0. The molecule has 1 amide bonds. The maximum absolute atomic E-state index is 12.4. The van der Waals surface area contributed by atoms with Crippen LogP contribution in [-0.4, -0.2) is 23.1 Å². The summed E-state index contributed by atoms with van der Waals surface area (Å²) in [7, 11) is 0. The molecule has 3 aromatic rings. The second-order valence-electron chi connectivity index (χ2n) is 5.31. The molecule has 0 saturated heterocycles. The van der Waals surface area contributed by atoms with Crippen LogP contribution in [-0.2, 0) is 16.1 Å². The molecule has 0 atom stereocenters. The normalized spacial score (nSPS) is 10.8. The number of benzene rings is 1. The molecular weight excluding hydrogens is 344 g/mol. The van der Waals surface area contributed by atoms with Crippen molar-refractivity contribution in [2.75, 3.05) is 11.9 Å². The van der Waals surface area contributed by atoms with Crippen LogP contribution in [0.4, 0.5) is 5.00 Å². The number of rotatable bonds is 5. The summed E-state index contributed by atoms with van der Waals surface area (Å²) in [6.45, 7) is 3.52. The van der Waals surface area contributed by atoms with Crippen molar-refractivity contribution in [3.63, 3.8) is 0 Å². The molecule has 8 heteroatoms. The number of esters is 1. The lowest BCUT2D eigenvalue weighted by Gasteiger charge is -2.07. The predicted molar refractivity (Wildman–Crippen MR) is 94.1 cm³/mol. The van der Waals surface area contributed by atoms with E-state index in [1.54, 1.807) is 43.5 Å². The van der Waals surface area contributed by atoms with E-state index >= 15 is 0 Å². The van der Waals surface area contributed by atoms with Gasteiger partial charge >= 0.3 is 11.7 Å². The van der Waals surface area contributed by atoms with Gasteiger partial charge in [0.2, 0.25) is 5.91 Å². The van der Waals surface area contributed by atoms with Crippen molar-refractivity contribution in [1.82, 2.24) is 4.57 Å². The highest BCUT2D eigenvalue weighted by molar-refractivity contribution is 7.15. The summed E-state index contributed by atoms with van der Waals surface area (Å²) in [5.41, 5.74) is 2.02. The van der Waals surface area contributed by atoms with Crippen LogP contribution in [0.25, 0.3) is 11.1 Å². The van der Waals surface area contributed by atoms with Crippen molar-refractivity contribution in [2.24, 2.45) is 0 Å². The summed E-state index contributed by atoms with van der Waals surface area (Å²) in [4.78, 5) is 36.3. The standard InChI is InChI=1S/C17H16N2O5S/c1-3-23-16(21)14-10(2)9-25-15(14)18-13(20)8-19-11-6-4-5-7-12(11)24-17(19)22/h4-7,9H,3,8H2,1-2H3,(H,18,20). The molecule has 0 radical (unpaired) electrons. The number of aromatic nitrogens is 1. The average Bonchev–Trinajstić information content (AvgIpc) is 3.08. The molecule has 3 rings (SSSR count). The molecule has 1 N–H and O–H groups in total. The van der Waals surface area contributed by atoms with Crippen molar-refractivity contribution >= 4 is 39.3 Å². The molecular formula is C17H16N2O5S. The second-order valence-corrected chi connectivity index (χ2v) is 6.19. The Labute approximate surface area is 146 Å². The predicted octanol–water partition coefficient (Wildman–Crippen LogP) is 2.78. The lowest BCUT2D eigenvalue weighted by molar-refractivity contribution is -0.116. The van der Waals surface area contributed by atoms with E-state index in [1.807, 2.05) is 0 Å². The van der Waals surface area contributed by atoms with E-state index in [0.29, 0.717) is 21.7 Å². The van der Waals surface area contributed by atoms with E-state index in [-0.39, 0.29) is 13.2 Å². The number of oxazole rings is 1. The van der Waals surface area contributed by atoms with Gasteiger partial charge in [0.25, 0.3) is 0 Å². The number of hydrogen-bond donors (Lipinski definition) is 1. The first-order valence-electron chi connectivity index (χ1n) is 7.64. The number of nitrogens with one attached hydrogen (secondary N) is 1. The topological polar surface area (TPSA) is 90.5 Å². The smallest absolute Gasteiger partial charge is 0.420 e. The summed E-state index contributed by atoms with van der Waals surface area (Å²) >= 11 is 1.24. The molecule has 1 aromatic carbocycles. The van der Waals surface area contributed by atoms with Gasteiger partial charge in [0, 0.05) is 0 Å². The zero-order valence-corrected chi connectivity index (χ0v) is 14.5. The minimum absolute atomic E-state index is 0.213. The highest BCUT2D eigenvalue weighted by atomic mass is 32.1. The molecule has 0 saturated carbocycles. The number of ether oxygens (including phenoxy) is 1. The minimum atomic E-state index is -0.607. The molecule has 0 aliphatic heterocycles. The third-order valence-electron chi connectivity index (χ3n) is 3.58. The minimum Gasteiger partial charge on any atom is -0.462 e. The zero-order chi connectivity index (χ0) is 18.0. The van der Waals surface area contributed by atoms with E-state index in [1.165, 1.54) is 15.9 Å². The number of carbonyl (C=O) groups is 2. The van der Waals surface area contributed by atoms with Gasteiger partial charge in [0.1, 0.15) is 11.5 Å². The molecule has 2 aromatic heterocycles. The van der Waals surface area contributed by atoms with Crippen molar-refractivity contribution in [2.45, 2.75) is 20.4 Å². The number of hydrogen-bond acceptors (Lipinski definition) is 6. The van der Waals surface area contributed by atoms with Gasteiger partial charge in [0.15, 0.2) is 5.58 Å². The van der Waals surface area contributed by atoms with Crippen LogP contribution < -0.4 is 11.1 Å². The first kappa shape index (κ1) is 17.0. The third-order valence-corrected chi connectivity index (χ3v) is 4.60. The Kier molecular flexibility index (Phi) is 4.71. The SMILES string of the molecule is CCOC(=O)c1c(C)csc1NC(=O)Cn1c(=O)oc2ccccc21. The van der Waals surface area contributed by atoms with Gasteiger partial charge in [-0.2, -0.15) is 0 Å². The first-order chi connectivity index (χ1) is 12.0. The summed E-state index contributed by atoms with van der Waals surface area (Å²) in [6, 6.07) is 6.86. The van der Waals surface area contributed by atoms with Crippen molar-refractivity contribution < 1.29 is 18.7 Å². The third kappa shape index (κ3) is 3.34. The lowest BCUT2D eigenvalue weighted by atomic mass is 10.2. The number of fused-ring (bicyclic) bond motifs is 1. The van der Waals surface area contributed by atoms with E-state index in [9.17, 15) is 14.4 Å². The molecule has 0 aliphatic rings. The fraction of sp³-hybridized carbons (Fsp3) is 0.235. The maximum atomic E-state index is 12.4. The van der Waals surface area contributed by atoms with Gasteiger partial charge in [-0.25, -0.2) is 9.59 Å². The van der Waals surface area contributed by atoms with Crippen LogP contribution in [0.15, 0.2) is 38.9 Å². The summed E-state index contributed by atoms with van der Waals surface area (Å²) < 4.78 is 11.4. The Hall–Kier alpha value is -2.87. The van der Waals surface area contributed by atoms with Gasteiger partial charge in [-0.05, 0) is 36.9 Å². The van der Waals surface area contributed by atoms with Gasteiger partial charge in [0.05, 0.1) is 17.7 Å². The van der Waals surface area contributed by atoms with Crippen LogP contribution in [0.2, 0.25) is 0 Å². The highest BCUT2D eigenvalue weighted by Crippen LogP contribution is 2.28. The van der Waals surface area contributed by atoms with Crippen LogP contribution in [0.1, 0.15) is 22.8 Å². The number of amides is 1. The van der Waals surface area contributed by atoms with Crippen LogP contribution in [0.5, 0.6) is 0 Å². The van der Waals surface area contributed by atoms with Crippen molar-refractivity contribution in [1.29, 1.82) is 0 Å². The molecule has 0 aliphatic carbocycles. The molecule has 0 bridgehead atoms. The number of aryl methyl sites for hydroxylation is 1. The molecule has 25 heavy (non-hydrogen) atoms. The molecule has 0 spiro atoms. The largest absolute Gasteiger partial charge is 0.462 e. The molecule has 0 fully saturated rings. The molecule has 130 valence electrons. The Morgan fingerprint density at radius 3 is 2.84 bits per heavy atom. The monoisotopic (exact) mass is 360 g/mol. The van der Waals surface area contributed by atoms with Crippen molar-refractivity contribution in [3.8, 4) is 0 Å². The number of thiophene rings is 1. The number of anilines is 1. The first-order valence-corrected chi connectivity index (χ1v) is 8.52. The van der Waals surface area contributed by atoms with Crippen molar-refractivity contribution in [3.05, 3.63) is 51.3 Å². The van der Waals surface area contributed by atoms with E-state index in [0.717, 1.165) is 5.56 Å². The van der Waals surface area contributed by atoms with Gasteiger partial charge in [-0.1, -0.05) is 12.1 Å². The fourth-order valence-electron chi connectivity index (χ4n) is 2.47. The second kappa shape index (κ2) is 6.94. The zero-order valence-electron chi connectivity index (χ0n) is 13.7. The van der Waals surface area contributed by atoms with Gasteiger partial charge in [-0.3, -0.25) is 9.36 Å². The van der Waals surface area contributed by atoms with E-state index in [2.05, 4.69) is 5.32 Å². The summed E-state index contributed by atoms with van der Waals surface area (Å²) in [5, 5.41) is 4.85. The number of para-hydroxylation sites is 2.